The van der Waals surface area contributed by atoms with E-state index in [9.17, 15) is 9.59 Å². The molecular formula is C23H21N3O2S. The fourth-order valence-electron chi connectivity index (χ4n) is 2.60. The van der Waals surface area contributed by atoms with Crippen LogP contribution in [0.2, 0.25) is 0 Å². The Morgan fingerprint density at radius 3 is 2.52 bits per heavy atom. The van der Waals surface area contributed by atoms with Gasteiger partial charge in [0.25, 0.3) is 11.8 Å². The average molecular weight is 404 g/mol. The second-order valence-electron chi connectivity index (χ2n) is 6.17. The molecule has 3 rings (SSSR count). The van der Waals surface area contributed by atoms with Crippen molar-refractivity contribution in [3.05, 3.63) is 102 Å². The van der Waals surface area contributed by atoms with E-state index in [1.165, 1.54) is 0 Å². The maximum atomic E-state index is 12.6. The van der Waals surface area contributed by atoms with Gasteiger partial charge in [-0.2, -0.15) is 0 Å². The lowest BCUT2D eigenvalue weighted by atomic mass is 10.1. The Morgan fingerprint density at radius 1 is 1.00 bits per heavy atom. The van der Waals surface area contributed by atoms with E-state index >= 15 is 0 Å². The van der Waals surface area contributed by atoms with Crippen molar-refractivity contribution in [3.8, 4) is 0 Å². The van der Waals surface area contributed by atoms with E-state index in [2.05, 4.69) is 22.2 Å². The lowest BCUT2D eigenvalue weighted by Gasteiger charge is -2.11. The van der Waals surface area contributed by atoms with E-state index in [1.54, 1.807) is 60.4 Å². The van der Waals surface area contributed by atoms with Crippen LogP contribution in [0.15, 0.2) is 90.6 Å². The highest BCUT2D eigenvalue weighted by Crippen LogP contribution is 2.23. The number of anilines is 1. The number of amides is 2. The summed E-state index contributed by atoms with van der Waals surface area (Å²) in [5.41, 5.74) is 2.54. The monoisotopic (exact) mass is 403 g/mol. The smallest absolute Gasteiger partial charge is 0.255 e. The summed E-state index contributed by atoms with van der Waals surface area (Å²) < 4.78 is 0. The van der Waals surface area contributed by atoms with Crippen molar-refractivity contribution in [2.75, 3.05) is 11.9 Å². The molecule has 1 heterocycles. The van der Waals surface area contributed by atoms with Gasteiger partial charge in [0.2, 0.25) is 0 Å². The molecule has 0 bridgehead atoms. The molecule has 5 nitrogen and oxygen atoms in total. The van der Waals surface area contributed by atoms with Gasteiger partial charge in [-0.05, 0) is 48.0 Å². The minimum Gasteiger partial charge on any atom is -0.349 e. The molecule has 2 amide bonds. The Labute approximate surface area is 174 Å². The zero-order chi connectivity index (χ0) is 20.5. The highest BCUT2D eigenvalue weighted by Gasteiger charge is 2.13. The standard InChI is InChI=1S/C23H21N3O2S/c1-2-13-25-23(28)20-7-3-4-8-21(20)26-22(27)18-9-11-19(12-10-18)29-16-17-6-5-14-24-15-17/h2-12,14-15H,1,13,16H2,(H,25,28)(H,26,27). The Kier molecular flexibility index (Phi) is 7.19. The van der Waals surface area contributed by atoms with Gasteiger partial charge in [-0.25, -0.2) is 0 Å². The largest absolute Gasteiger partial charge is 0.349 e. The van der Waals surface area contributed by atoms with Crippen LogP contribution >= 0.6 is 11.8 Å². The Hall–Kier alpha value is -3.38. The van der Waals surface area contributed by atoms with Crippen LogP contribution < -0.4 is 10.6 Å². The van der Waals surface area contributed by atoms with Crippen LogP contribution in [0.3, 0.4) is 0 Å². The number of pyridine rings is 1. The van der Waals surface area contributed by atoms with Crippen molar-refractivity contribution in [1.82, 2.24) is 10.3 Å². The molecule has 1 aromatic heterocycles. The molecular weight excluding hydrogens is 382 g/mol. The lowest BCUT2D eigenvalue weighted by molar-refractivity contribution is 0.0959. The minimum atomic E-state index is -0.266. The molecule has 2 aromatic carbocycles. The van der Waals surface area contributed by atoms with Crippen molar-refractivity contribution in [1.29, 1.82) is 0 Å². The first kappa shape index (κ1) is 20.4. The van der Waals surface area contributed by atoms with Gasteiger partial charge in [0.05, 0.1) is 11.3 Å². The second kappa shape index (κ2) is 10.2. The summed E-state index contributed by atoms with van der Waals surface area (Å²) in [5, 5.41) is 5.54. The van der Waals surface area contributed by atoms with E-state index in [-0.39, 0.29) is 11.8 Å². The third kappa shape index (κ3) is 5.80. The van der Waals surface area contributed by atoms with Crippen LogP contribution in [0.5, 0.6) is 0 Å². The Morgan fingerprint density at radius 2 is 1.79 bits per heavy atom. The van der Waals surface area contributed by atoms with Crippen molar-refractivity contribution < 1.29 is 9.59 Å². The SMILES string of the molecule is C=CCNC(=O)c1ccccc1NC(=O)c1ccc(SCc2cccnc2)cc1. The quantitative estimate of drug-likeness (QED) is 0.428. The topological polar surface area (TPSA) is 71.1 Å². The van der Waals surface area contributed by atoms with Crippen LogP contribution in [0, 0.1) is 0 Å². The molecule has 29 heavy (non-hydrogen) atoms. The van der Waals surface area contributed by atoms with Gasteiger partial charge in [0.15, 0.2) is 0 Å². The van der Waals surface area contributed by atoms with Gasteiger partial charge in [-0.3, -0.25) is 14.6 Å². The summed E-state index contributed by atoms with van der Waals surface area (Å²) in [6.07, 6.45) is 5.20. The molecule has 0 aliphatic carbocycles. The number of hydrogen-bond donors (Lipinski definition) is 2. The van der Waals surface area contributed by atoms with Gasteiger partial charge >= 0.3 is 0 Å². The molecule has 0 spiro atoms. The molecule has 0 unspecified atom stereocenters. The van der Waals surface area contributed by atoms with E-state index < -0.39 is 0 Å². The highest BCUT2D eigenvalue weighted by molar-refractivity contribution is 7.98. The fourth-order valence-corrected chi connectivity index (χ4v) is 3.43. The van der Waals surface area contributed by atoms with Crippen LogP contribution in [-0.2, 0) is 5.75 Å². The van der Waals surface area contributed by atoms with Crippen LogP contribution in [-0.4, -0.2) is 23.3 Å². The Balaban J connectivity index is 1.64. The molecule has 6 heteroatoms. The number of nitrogens with one attached hydrogen (secondary N) is 2. The molecule has 0 radical (unpaired) electrons. The first-order valence-electron chi connectivity index (χ1n) is 9.08. The summed E-state index contributed by atoms with van der Waals surface area (Å²) in [5.74, 6) is 0.285. The first-order chi connectivity index (χ1) is 14.2. The first-order valence-corrected chi connectivity index (χ1v) is 10.1. The van der Waals surface area contributed by atoms with Crippen LogP contribution in [0.25, 0.3) is 0 Å². The molecule has 0 fully saturated rings. The normalized spacial score (nSPS) is 10.2. The molecule has 0 saturated carbocycles. The van der Waals surface area contributed by atoms with Gasteiger partial charge < -0.3 is 10.6 Å². The second-order valence-corrected chi connectivity index (χ2v) is 7.22. The Bertz CT molecular complexity index is 989. The van der Waals surface area contributed by atoms with E-state index in [1.807, 2.05) is 30.5 Å². The molecule has 0 saturated heterocycles. The molecule has 146 valence electrons. The highest BCUT2D eigenvalue weighted by atomic mass is 32.2. The fraction of sp³-hybridized carbons (Fsp3) is 0.0870. The number of para-hydroxylation sites is 1. The van der Waals surface area contributed by atoms with Crippen molar-refractivity contribution in [2.45, 2.75) is 10.6 Å². The van der Waals surface area contributed by atoms with Gasteiger partial charge in [0, 0.05) is 35.2 Å². The van der Waals surface area contributed by atoms with Crippen LogP contribution in [0.4, 0.5) is 5.69 Å². The van der Waals surface area contributed by atoms with E-state index in [0.29, 0.717) is 23.4 Å². The van der Waals surface area contributed by atoms with Gasteiger partial charge in [-0.15, -0.1) is 18.3 Å². The van der Waals surface area contributed by atoms with Crippen molar-refractivity contribution in [3.63, 3.8) is 0 Å². The number of carbonyl (C=O) groups is 2. The maximum absolute atomic E-state index is 12.6. The lowest BCUT2D eigenvalue weighted by Crippen LogP contribution is -2.25. The molecule has 2 N–H and O–H groups in total. The third-order valence-electron chi connectivity index (χ3n) is 4.07. The van der Waals surface area contributed by atoms with Crippen molar-refractivity contribution in [2.24, 2.45) is 0 Å². The molecule has 3 aromatic rings. The van der Waals surface area contributed by atoms with Crippen LogP contribution in [0.1, 0.15) is 26.3 Å². The molecule has 0 aliphatic heterocycles. The predicted octanol–water partition coefficient (Wildman–Crippen LogP) is 4.54. The number of benzene rings is 2. The van der Waals surface area contributed by atoms with Gasteiger partial charge in [0.1, 0.15) is 0 Å². The minimum absolute atomic E-state index is 0.261. The number of rotatable bonds is 8. The van der Waals surface area contributed by atoms with E-state index in [0.717, 1.165) is 16.2 Å². The predicted molar refractivity (Wildman–Crippen MR) is 117 cm³/mol. The third-order valence-corrected chi connectivity index (χ3v) is 5.15. The molecule has 0 aliphatic rings. The number of carbonyl (C=O) groups excluding carboxylic acids is 2. The zero-order valence-corrected chi connectivity index (χ0v) is 16.6. The maximum Gasteiger partial charge on any atom is 0.255 e. The number of hydrogen-bond acceptors (Lipinski definition) is 4. The average Bonchev–Trinajstić information content (AvgIpc) is 2.77. The van der Waals surface area contributed by atoms with Gasteiger partial charge in [-0.1, -0.05) is 24.3 Å². The summed E-state index contributed by atoms with van der Waals surface area (Å²) in [6, 6.07) is 18.2. The summed E-state index contributed by atoms with van der Waals surface area (Å²) in [7, 11) is 0. The number of nitrogens with zero attached hydrogens (tertiary/aromatic N) is 1. The summed E-state index contributed by atoms with van der Waals surface area (Å²) >= 11 is 1.68. The number of aromatic nitrogens is 1. The zero-order valence-electron chi connectivity index (χ0n) is 15.8. The van der Waals surface area contributed by atoms with Crippen molar-refractivity contribution >= 4 is 29.3 Å². The van der Waals surface area contributed by atoms with E-state index in [4.69, 9.17) is 0 Å². The number of thioether (sulfide) groups is 1. The summed E-state index contributed by atoms with van der Waals surface area (Å²) in [6.45, 7) is 3.95. The summed E-state index contributed by atoms with van der Waals surface area (Å²) in [4.78, 5) is 30.1. The molecule has 0 atom stereocenters.